The van der Waals surface area contributed by atoms with Gasteiger partial charge in [0.1, 0.15) is 5.82 Å². The highest BCUT2D eigenvalue weighted by Gasteiger charge is 2.25. The predicted molar refractivity (Wildman–Crippen MR) is 88.4 cm³/mol. The first-order valence-corrected chi connectivity index (χ1v) is 8.76. The van der Waals surface area contributed by atoms with Crippen molar-refractivity contribution in [3.63, 3.8) is 0 Å². The van der Waals surface area contributed by atoms with Gasteiger partial charge in [-0.1, -0.05) is 12.1 Å². The predicted octanol–water partition coefficient (Wildman–Crippen LogP) is 2.32. The molecule has 24 heavy (non-hydrogen) atoms. The minimum Gasteiger partial charge on any atom is -0.341 e. The molecule has 0 spiro atoms. The number of nitrogens with zero attached hydrogens (tertiary/aromatic N) is 5. The van der Waals surface area contributed by atoms with Crippen LogP contribution in [0.1, 0.15) is 56.2 Å². The summed E-state index contributed by atoms with van der Waals surface area (Å²) in [6.45, 7) is 5.63. The van der Waals surface area contributed by atoms with Gasteiger partial charge in [-0.15, -0.1) is 0 Å². The molecule has 2 aromatic heterocycles. The van der Waals surface area contributed by atoms with Crippen LogP contribution >= 0.6 is 0 Å². The summed E-state index contributed by atoms with van der Waals surface area (Å²) in [5.74, 6) is 2.58. The summed E-state index contributed by atoms with van der Waals surface area (Å²) < 4.78 is 7.35. The second-order valence-electron chi connectivity index (χ2n) is 6.33. The van der Waals surface area contributed by atoms with Gasteiger partial charge < -0.3 is 14.0 Å². The van der Waals surface area contributed by atoms with Gasteiger partial charge in [-0.05, 0) is 26.2 Å². The van der Waals surface area contributed by atoms with E-state index in [2.05, 4.69) is 19.7 Å². The van der Waals surface area contributed by atoms with Crippen LogP contribution in [-0.4, -0.2) is 43.6 Å². The van der Waals surface area contributed by atoms with Crippen molar-refractivity contribution in [1.29, 1.82) is 0 Å². The molecule has 130 valence electrons. The zero-order valence-electron chi connectivity index (χ0n) is 14.4. The lowest BCUT2D eigenvalue weighted by Gasteiger charge is -2.34. The van der Waals surface area contributed by atoms with Crippen LogP contribution in [0, 0.1) is 6.92 Å². The largest absolute Gasteiger partial charge is 0.341 e. The molecule has 3 heterocycles. The Morgan fingerprint density at radius 2 is 2.33 bits per heavy atom. The van der Waals surface area contributed by atoms with Gasteiger partial charge in [0.2, 0.25) is 11.8 Å². The molecule has 1 fully saturated rings. The third-order valence-corrected chi connectivity index (χ3v) is 4.61. The maximum absolute atomic E-state index is 12.5. The molecular formula is C17H25N5O2. The smallest absolute Gasteiger partial charge is 0.226 e. The number of aryl methyl sites for hydroxylation is 3. The minimum atomic E-state index is 0.215. The zero-order valence-corrected chi connectivity index (χ0v) is 14.4. The number of amides is 1. The van der Waals surface area contributed by atoms with Gasteiger partial charge >= 0.3 is 0 Å². The summed E-state index contributed by atoms with van der Waals surface area (Å²) in [5.41, 5.74) is 0. The van der Waals surface area contributed by atoms with Gasteiger partial charge in [0.25, 0.3) is 0 Å². The van der Waals surface area contributed by atoms with Crippen LogP contribution in [0.5, 0.6) is 0 Å². The van der Waals surface area contributed by atoms with Crippen LogP contribution in [0.3, 0.4) is 0 Å². The van der Waals surface area contributed by atoms with Crippen LogP contribution in [0.15, 0.2) is 16.9 Å². The fourth-order valence-corrected chi connectivity index (χ4v) is 3.27. The number of carbonyl (C=O) groups is 1. The maximum atomic E-state index is 12.5. The fraction of sp³-hybridized carbons (Fsp3) is 0.647. The van der Waals surface area contributed by atoms with Crippen LogP contribution < -0.4 is 0 Å². The first-order chi connectivity index (χ1) is 11.7. The number of piperidine rings is 1. The molecule has 0 bridgehead atoms. The van der Waals surface area contributed by atoms with E-state index in [0.29, 0.717) is 24.8 Å². The van der Waals surface area contributed by atoms with E-state index in [1.54, 1.807) is 0 Å². The van der Waals surface area contributed by atoms with Crippen LogP contribution in [-0.2, 0) is 17.6 Å². The number of rotatable bonds is 6. The molecule has 3 rings (SSSR count). The van der Waals surface area contributed by atoms with Crippen molar-refractivity contribution in [3.8, 4) is 0 Å². The quantitative estimate of drug-likeness (QED) is 0.812. The van der Waals surface area contributed by atoms with E-state index in [4.69, 9.17) is 4.52 Å². The number of carbonyl (C=O) groups excluding carboxylic acids is 1. The number of hydrogen-bond donors (Lipinski definition) is 0. The highest BCUT2D eigenvalue weighted by atomic mass is 16.5. The standard InChI is InChI=1S/C17H25N5O2/c1-3-15-19-16(24-20-15)7-4-8-17(23)21-10-5-6-14(12-21)22-11-9-18-13(22)2/h9,11,14H,3-8,10,12H2,1-2H3/t14-/m1/s1. The van der Waals surface area contributed by atoms with Gasteiger partial charge in [0, 0.05) is 44.7 Å². The normalized spacial score (nSPS) is 18.1. The molecule has 0 unspecified atom stereocenters. The molecule has 1 amide bonds. The third kappa shape index (κ3) is 3.83. The molecular weight excluding hydrogens is 306 g/mol. The number of imidazole rings is 1. The third-order valence-electron chi connectivity index (χ3n) is 4.61. The second kappa shape index (κ2) is 7.59. The number of hydrogen-bond acceptors (Lipinski definition) is 5. The molecule has 0 N–H and O–H groups in total. The first kappa shape index (κ1) is 16.7. The number of likely N-dealkylation sites (tertiary alicyclic amines) is 1. The molecule has 0 aromatic carbocycles. The van der Waals surface area contributed by atoms with E-state index in [9.17, 15) is 4.79 Å². The van der Waals surface area contributed by atoms with Crippen molar-refractivity contribution in [2.45, 2.75) is 58.4 Å². The van der Waals surface area contributed by atoms with E-state index >= 15 is 0 Å². The molecule has 1 atom stereocenters. The zero-order chi connectivity index (χ0) is 16.9. The monoisotopic (exact) mass is 331 g/mol. The van der Waals surface area contributed by atoms with Crippen molar-refractivity contribution in [3.05, 3.63) is 29.9 Å². The van der Waals surface area contributed by atoms with Gasteiger partial charge in [-0.2, -0.15) is 4.98 Å². The Morgan fingerprint density at radius 3 is 3.04 bits per heavy atom. The average molecular weight is 331 g/mol. The summed E-state index contributed by atoms with van der Waals surface area (Å²) in [6.07, 6.45) is 8.68. The van der Waals surface area contributed by atoms with Crippen molar-refractivity contribution in [2.24, 2.45) is 0 Å². The molecule has 7 nitrogen and oxygen atoms in total. The van der Waals surface area contributed by atoms with Crippen molar-refractivity contribution >= 4 is 5.91 Å². The van der Waals surface area contributed by atoms with Gasteiger partial charge in [0.15, 0.2) is 5.82 Å². The SMILES string of the molecule is CCc1noc(CCCC(=O)N2CCC[C@@H](n3ccnc3C)C2)n1. The van der Waals surface area contributed by atoms with Gasteiger partial charge in [0.05, 0.1) is 6.04 Å². The molecule has 0 aliphatic carbocycles. The van der Waals surface area contributed by atoms with E-state index in [0.717, 1.165) is 50.4 Å². The summed E-state index contributed by atoms with van der Waals surface area (Å²) in [7, 11) is 0. The van der Waals surface area contributed by atoms with Crippen LogP contribution in [0.4, 0.5) is 0 Å². The lowest BCUT2D eigenvalue weighted by Crippen LogP contribution is -2.40. The van der Waals surface area contributed by atoms with Crippen molar-refractivity contribution < 1.29 is 9.32 Å². The van der Waals surface area contributed by atoms with Gasteiger partial charge in [-0.25, -0.2) is 4.98 Å². The Hall–Kier alpha value is -2.18. The first-order valence-electron chi connectivity index (χ1n) is 8.76. The molecule has 1 saturated heterocycles. The highest BCUT2D eigenvalue weighted by Crippen LogP contribution is 2.23. The topological polar surface area (TPSA) is 77.0 Å². The fourth-order valence-electron chi connectivity index (χ4n) is 3.27. The number of aromatic nitrogens is 4. The van der Waals surface area contributed by atoms with E-state index in [-0.39, 0.29) is 5.91 Å². The van der Waals surface area contributed by atoms with Gasteiger partial charge in [-0.3, -0.25) is 4.79 Å². The summed E-state index contributed by atoms with van der Waals surface area (Å²) in [5, 5.41) is 3.88. The van der Waals surface area contributed by atoms with E-state index in [1.807, 2.05) is 31.1 Å². The maximum Gasteiger partial charge on any atom is 0.226 e. The van der Waals surface area contributed by atoms with Crippen LogP contribution in [0.2, 0.25) is 0 Å². The lowest BCUT2D eigenvalue weighted by atomic mass is 10.0. The van der Waals surface area contributed by atoms with Crippen LogP contribution in [0.25, 0.3) is 0 Å². The molecule has 7 heteroatoms. The Bertz CT molecular complexity index is 678. The summed E-state index contributed by atoms with van der Waals surface area (Å²) >= 11 is 0. The molecule has 0 saturated carbocycles. The Balaban J connectivity index is 1.48. The Kier molecular flexibility index (Phi) is 5.27. The van der Waals surface area contributed by atoms with E-state index in [1.165, 1.54) is 0 Å². The molecule has 2 aromatic rings. The second-order valence-corrected chi connectivity index (χ2v) is 6.33. The van der Waals surface area contributed by atoms with Crippen molar-refractivity contribution in [1.82, 2.24) is 24.6 Å². The average Bonchev–Trinajstić information content (AvgIpc) is 3.23. The van der Waals surface area contributed by atoms with Crippen molar-refractivity contribution in [2.75, 3.05) is 13.1 Å². The molecule has 0 radical (unpaired) electrons. The molecule has 1 aliphatic rings. The highest BCUT2D eigenvalue weighted by molar-refractivity contribution is 5.76. The summed E-state index contributed by atoms with van der Waals surface area (Å²) in [4.78, 5) is 23.0. The molecule has 1 aliphatic heterocycles. The lowest BCUT2D eigenvalue weighted by molar-refractivity contribution is -0.132. The van der Waals surface area contributed by atoms with E-state index < -0.39 is 0 Å². The Labute approximate surface area is 142 Å². The summed E-state index contributed by atoms with van der Waals surface area (Å²) in [6, 6.07) is 0.341. The Morgan fingerprint density at radius 1 is 1.46 bits per heavy atom. The minimum absolute atomic E-state index is 0.215.